The Bertz CT molecular complexity index is 591. The summed E-state index contributed by atoms with van der Waals surface area (Å²) in [5, 5.41) is 9.36. The zero-order valence-corrected chi connectivity index (χ0v) is 10.8. The van der Waals surface area contributed by atoms with E-state index in [1.165, 1.54) is 0 Å². The first-order chi connectivity index (χ1) is 9.30. The van der Waals surface area contributed by atoms with Gasteiger partial charge >= 0.3 is 0 Å². The van der Waals surface area contributed by atoms with Crippen molar-refractivity contribution in [3.05, 3.63) is 53.9 Å². The highest BCUT2D eigenvalue weighted by atomic mass is 16.5. The van der Waals surface area contributed by atoms with Gasteiger partial charge in [0.1, 0.15) is 5.92 Å². The third-order valence-electron chi connectivity index (χ3n) is 2.85. The summed E-state index contributed by atoms with van der Waals surface area (Å²) >= 11 is 0. The van der Waals surface area contributed by atoms with Gasteiger partial charge in [0.15, 0.2) is 11.5 Å². The number of ether oxygens (including phenoxy) is 2. The molecule has 0 radical (unpaired) electrons. The standard InChI is InChI=1S/C15H14N2O2/c1-18-14-7-6-11(9-15(14)19-2)12(10-16)13-5-3-4-8-17-13/h3-9,12H,1-2H3. The average Bonchev–Trinajstić information content (AvgIpc) is 2.49. The van der Waals surface area contributed by atoms with E-state index in [2.05, 4.69) is 11.1 Å². The normalized spacial score (nSPS) is 11.4. The Balaban J connectivity index is 2.43. The van der Waals surface area contributed by atoms with E-state index in [-0.39, 0.29) is 0 Å². The molecule has 0 N–H and O–H groups in total. The van der Waals surface area contributed by atoms with E-state index in [0.717, 1.165) is 11.3 Å². The Kier molecular flexibility index (Phi) is 3.99. The van der Waals surface area contributed by atoms with Crippen molar-refractivity contribution in [1.82, 2.24) is 4.98 Å². The molecule has 0 aliphatic carbocycles. The topological polar surface area (TPSA) is 55.1 Å². The lowest BCUT2D eigenvalue weighted by Gasteiger charge is -2.12. The van der Waals surface area contributed by atoms with Gasteiger partial charge in [-0.05, 0) is 29.8 Å². The van der Waals surface area contributed by atoms with Crippen LogP contribution < -0.4 is 9.47 Å². The lowest BCUT2D eigenvalue weighted by atomic mass is 9.96. The first-order valence-corrected chi connectivity index (χ1v) is 5.82. The zero-order chi connectivity index (χ0) is 13.7. The number of nitrogens with zero attached hydrogens (tertiary/aromatic N) is 2. The van der Waals surface area contributed by atoms with Crippen LogP contribution in [-0.4, -0.2) is 19.2 Å². The molecule has 4 heteroatoms. The molecule has 0 saturated heterocycles. The van der Waals surface area contributed by atoms with Gasteiger partial charge in [-0.2, -0.15) is 5.26 Å². The smallest absolute Gasteiger partial charge is 0.161 e. The predicted octanol–water partition coefficient (Wildman–Crippen LogP) is 2.75. The summed E-state index contributed by atoms with van der Waals surface area (Å²) in [6.45, 7) is 0. The van der Waals surface area contributed by atoms with Crippen molar-refractivity contribution in [2.75, 3.05) is 14.2 Å². The predicted molar refractivity (Wildman–Crippen MR) is 71.2 cm³/mol. The lowest BCUT2D eigenvalue weighted by molar-refractivity contribution is 0.354. The lowest BCUT2D eigenvalue weighted by Crippen LogP contribution is -2.01. The van der Waals surface area contributed by atoms with Gasteiger partial charge in [-0.25, -0.2) is 0 Å². The van der Waals surface area contributed by atoms with Crippen molar-refractivity contribution in [3.8, 4) is 17.6 Å². The quantitative estimate of drug-likeness (QED) is 0.841. The van der Waals surface area contributed by atoms with Gasteiger partial charge < -0.3 is 9.47 Å². The monoisotopic (exact) mass is 254 g/mol. The molecule has 1 aromatic carbocycles. The molecule has 0 bridgehead atoms. The van der Waals surface area contributed by atoms with E-state index in [1.54, 1.807) is 32.5 Å². The molecule has 0 spiro atoms. The second kappa shape index (κ2) is 5.87. The van der Waals surface area contributed by atoms with Crippen LogP contribution in [0.15, 0.2) is 42.6 Å². The molecule has 2 aromatic rings. The molecule has 0 aliphatic rings. The molecule has 19 heavy (non-hydrogen) atoms. The largest absolute Gasteiger partial charge is 0.493 e. The summed E-state index contributed by atoms with van der Waals surface area (Å²) < 4.78 is 10.4. The van der Waals surface area contributed by atoms with Crippen molar-refractivity contribution < 1.29 is 9.47 Å². The van der Waals surface area contributed by atoms with Crippen LogP contribution in [0.3, 0.4) is 0 Å². The first kappa shape index (κ1) is 12.9. The van der Waals surface area contributed by atoms with Gasteiger partial charge in [-0.3, -0.25) is 4.98 Å². The summed E-state index contributed by atoms with van der Waals surface area (Å²) in [7, 11) is 3.15. The molecule has 1 aromatic heterocycles. The van der Waals surface area contributed by atoms with Crippen LogP contribution in [0.2, 0.25) is 0 Å². The van der Waals surface area contributed by atoms with Crippen LogP contribution in [0.25, 0.3) is 0 Å². The van der Waals surface area contributed by atoms with Crippen molar-refractivity contribution in [2.24, 2.45) is 0 Å². The Hall–Kier alpha value is -2.54. The molecular weight excluding hydrogens is 240 g/mol. The van der Waals surface area contributed by atoms with Gasteiger partial charge in [0.25, 0.3) is 0 Å². The SMILES string of the molecule is COc1ccc(C(C#N)c2ccccn2)cc1OC. The average molecular weight is 254 g/mol. The highest BCUT2D eigenvalue weighted by Gasteiger charge is 2.16. The molecule has 4 nitrogen and oxygen atoms in total. The minimum atomic E-state index is -0.416. The van der Waals surface area contributed by atoms with Crippen LogP contribution in [-0.2, 0) is 0 Å². The Morgan fingerprint density at radius 2 is 1.89 bits per heavy atom. The summed E-state index contributed by atoms with van der Waals surface area (Å²) in [6, 6.07) is 13.2. The van der Waals surface area contributed by atoms with Gasteiger partial charge in [-0.1, -0.05) is 12.1 Å². The molecule has 1 unspecified atom stereocenters. The van der Waals surface area contributed by atoms with Crippen LogP contribution in [0, 0.1) is 11.3 Å². The molecule has 0 amide bonds. The molecule has 0 aliphatic heterocycles. The number of pyridine rings is 1. The van der Waals surface area contributed by atoms with Crippen LogP contribution >= 0.6 is 0 Å². The van der Waals surface area contributed by atoms with E-state index in [0.29, 0.717) is 11.5 Å². The Morgan fingerprint density at radius 3 is 2.47 bits per heavy atom. The van der Waals surface area contributed by atoms with Gasteiger partial charge in [-0.15, -0.1) is 0 Å². The van der Waals surface area contributed by atoms with E-state index in [4.69, 9.17) is 9.47 Å². The fourth-order valence-electron chi connectivity index (χ4n) is 1.89. The van der Waals surface area contributed by atoms with Crippen LogP contribution in [0.4, 0.5) is 0 Å². The summed E-state index contributed by atoms with van der Waals surface area (Å²) in [4.78, 5) is 4.23. The molecule has 1 heterocycles. The van der Waals surface area contributed by atoms with Crippen molar-refractivity contribution in [1.29, 1.82) is 5.26 Å². The second-order valence-corrected chi connectivity index (χ2v) is 3.93. The van der Waals surface area contributed by atoms with Gasteiger partial charge in [0.2, 0.25) is 0 Å². The Labute approximate surface area is 112 Å². The summed E-state index contributed by atoms with van der Waals surface area (Å²) in [5.74, 6) is 0.834. The molecule has 96 valence electrons. The number of hydrogen-bond donors (Lipinski definition) is 0. The highest BCUT2D eigenvalue weighted by Crippen LogP contribution is 2.32. The summed E-state index contributed by atoms with van der Waals surface area (Å²) in [5.41, 5.74) is 1.55. The van der Waals surface area contributed by atoms with Crippen molar-refractivity contribution in [3.63, 3.8) is 0 Å². The number of hydrogen-bond acceptors (Lipinski definition) is 4. The first-order valence-electron chi connectivity index (χ1n) is 5.82. The van der Waals surface area contributed by atoms with Crippen LogP contribution in [0.1, 0.15) is 17.2 Å². The molecular formula is C15H14N2O2. The van der Waals surface area contributed by atoms with Crippen molar-refractivity contribution >= 4 is 0 Å². The maximum Gasteiger partial charge on any atom is 0.161 e. The van der Waals surface area contributed by atoms with Crippen LogP contribution in [0.5, 0.6) is 11.5 Å². The molecule has 1 atom stereocenters. The van der Waals surface area contributed by atoms with Crippen molar-refractivity contribution in [2.45, 2.75) is 5.92 Å². The number of aromatic nitrogens is 1. The van der Waals surface area contributed by atoms with E-state index in [9.17, 15) is 5.26 Å². The minimum Gasteiger partial charge on any atom is -0.493 e. The number of methoxy groups -OCH3 is 2. The highest BCUT2D eigenvalue weighted by molar-refractivity contribution is 5.47. The van der Waals surface area contributed by atoms with Gasteiger partial charge in [0, 0.05) is 6.20 Å². The number of benzene rings is 1. The minimum absolute atomic E-state index is 0.416. The Morgan fingerprint density at radius 1 is 1.11 bits per heavy atom. The number of nitriles is 1. The maximum absolute atomic E-state index is 9.36. The third-order valence-corrected chi connectivity index (χ3v) is 2.85. The third kappa shape index (κ3) is 2.66. The van der Waals surface area contributed by atoms with E-state index >= 15 is 0 Å². The van der Waals surface area contributed by atoms with Gasteiger partial charge in [0.05, 0.1) is 26.0 Å². The summed E-state index contributed by atoms with van der Waals surface area (Å²) in [6.07, 6.45) is 1.68. The molecule has 0 fully saturated rings. The van der Waals surface area contributed by atoms with E-state index < -0.39 is 5.92 Å². The second-order valence-electron chi connectivity index (χ2n) is 3.93. The van der Waals surface area contributed by atoms with E-state index in [1.807, 2.05) is 24.3 Å². The zero-order valence-electron chi connectivity index (χ0n) is 10.8. The fourth-order valence-corrected chi connectivity index (χ4v) is 1.89. The number of rotatable bonds is 4. The maximum atomic E-state index is 9.36. The molecule has 2 rings (SSSR count). The molecule has 0 saturated carbocycles. The fraction of sp³-hybridized carbons (Fsp3) is 0.200.